The standard InChI is InChI=1S/C18H23NO3/c1-12(2)22-15-8-7-13(10-16(15)21-6)9-14(11-19)17(20)18(3,4)5/h7-10,12H,1-6H3. The summed E-state index contributed by atoms with van der Waals surface area (Å²) in [5, 5.41) is 9.23. The van der Waals surface area contributed by atoms with Gasteiger partial charge in [-0.2, -0.15) is 5.26 Å². The Hall–Kier alpha value is -2.28. The van der Waals surface area contributed by atoms with Crippen molar-refractivity contribution < 1.29 is 14.3 Å². The number of hydrogen-bond donors (Lipinski definition) is 0. The summed E-state index contributed by atoms with van der Waals surface area (Å²) in [5.41, 5.74) is 0.265. The Morgan fingerprint density at radius 3 is 2.36 bits per heavy atom. The number of ketones is 1. The zero-order chi connectivity index (χ0) is 16.9. The van der Waals surface area contributed by atoms with Crippen molar-refractivity contribution in [2.24, 2.45) is 5.41 Å². The monoisotopic (exact) mass is 301 g/mol. The smallest absolute Gasteiger partial charge is 0.178 e. The van der Waals surface area contributed by atoms with Gasteiger partial charge >= 0.3 is 0 Å². The lowest BCUT2D eigenvalue weighted by Crippen LogP contribution is -2.21. The van der Waals surface area contributed by atoms with Gasteiger partial charge in [-0.05, 0) is 37.6 Å². The molecule has 4 heteroatoms. The van der Waals surface area contributed by atoms with Crippen LogP contribution in [-0.2, 0) is 4.79 Å². The number of allylic oxidation sites excluding steroid dienone is 1. The lowest BCUT2D eigenvalue weighted by atomic mass is 9.86. The number of carbonyl (C=O) groups excluding carboxylic acids is 1. The van der Waals surface area contributed by atoms with Crippen LogP contribution in [0, 0.1) is 16.7 Å². The largest absolute Gasteiger partial charge is 0.493 e. The Bertz CT molecular complexity index is 616. The molecule has 0 amide bonds. The summed E-state index contributed by atoms with van der Waals surface area (Å²) < 4.78 is 11.0. The van der Waals surface area contributed by atoms with Crippen molar-refractivity contribution in [2.75, 3.05) is 7.11 Å². The predicted octanol–water partition coefficient (Wildman–Crippen LogP) is 4.00. The second-order valence-electron chi connectivity index (χ2n) is 6.33. The van der Waals surface area contributed by atoms with Gasteiger partial charge in [0.15, 0.2) is 17.3 Å². The molecule has 4 nitrogen and oxygen atoms in total. The van der Waals surface area contributed by atoms with Crippen LogP contribution in [0.2, 0.25) is 0 Å². The third-order valence-electron chi connectivity index (χ3n) is 2.91. The molecule has 0 aliphatic carbocycles. The summed E-state index contributed by atoms with van der Waals surface area (Å²) in [7, 11) is 1.56. The highest BCUT2D eigenvalue weighted by Gasteiger charge is 2.25. The molecule has 0 N–H and O–H groups in total. The first-order chi connectivity index (χ1) is 10.2. The number of benzene rings is 1. The fourth-order valence-electron chi connectivity index (χ4n) is 1.84. The van der Waals surface area contributed by atoms with Crippen LogP contribution in [0.1, 0.15) is 40.2 Å². The number of nitrogens with zero attached hydrogens (tertiary/aromatic N) is 1. The van der Waals surface area contributed by atoms with E-state index < -0.39 is 5.41 Å². The molecule has 0 aliphatic heterocycles. The summed E-state index contributed by atoms with van der Waals surface area (Å²) in [6, 6.07) is 7.31. The molecule has 0 unspecified atom stereocenters. The van der Waals surface area contributed by atoms with Crippen molar-refractivity contribution in [3.63, 3.8) is 0 Å². The van der Waals surface area contributed by atoms with E-state index in [2.05, 4.69) is 0 Å². The minimum atomic E-state index is -0.591. The third-order valence-corrected chi connectivity index (χ3v) is 2.91. The summed E-state index contributed by atoms with van der Waals surface area (Å²) in [6.07, 6.45) is 1.61. The molecule has 0 bridgehead atoms. The highest BCUT2D eigenvalue weighted by atomic mass is 16.5. The van der Waals surface area contributed by atoms with E-state index >= 15 is 0 Å². The highest BCUT2D eigenvalue weighted by molar-refractivity contribution is 6.06. The first-order valence-corrected chi connectivity index (χ1v) is 7.20. The number of carbonyl (C=O) groups is 1. The minimum absolute atomic E-state index is 0.0347. The maximum Gasteiger partial charge on any atom is 0.178 e. The second-order valence-corrected chi connectivity index (χ2v) is 6.33. The molecule has 0 saturated carbocycles. The normalized spacial score (nSPS) is 12.0. The molecule has 0 fully saturated rings. The molecule has 0 radical (unpaired) electrons. The number of nitriles is 1. The van der Waals surface area contributed by atoms with Crippen LogP contribution < -0.4 is 9.47 Å². The molecule has 1 rings (SSSR count). The highest BCUT2D eigenvalue weighted by Crippen LogP contribution is 2.30. The Morgan fingerprint density at radius 1 is 1.27 bits per heavy atom. The van der Waals surface area contributed by atoms with Gasteiger partial charge in [-0.25, -0.2) is 0 Å². The third kappa shape index (κ3) is 4.63. The quantitative estimate of drug-likeness (QED) is 0.609. The van der Waals surface area contributed by atoms with Gasteiger partial charge < -0.3 is 9.47 Å². The lowest BCUT2D eigenvalue weighted by molar-refractivity contribution is -0.121. The van der Waals surface area contributed by atoms with Crippen LogP contribution in [0.5, 0.6) is 11.5 Å². The molecule has 0 spiro atoms. The van der Waals surface area contributed by atoms with Gasteiger partial charge in [-0.15, -0.1) is 0 Å². The molecule has 0 heterocycles. The zero-order valence-electron chi connectivity index (χ0n) is 14.1. The van der Waals surface area contributed by atoms with Crippen LogP contribution in [0.3, 0.4) is 0 Å². The van der Waals surface area contributed by atoms with Crippen LogP contribution >= 0.6 is 0 Å². The summed E-state index contributed by atoms with van der Waals surface area (Å²) in [5.74, 6) is 1.02. The van der Waals surface area contributed by atoms with E-state index in [0.29, 0.717) is 11.5 Å². The van der Waals surface area contributed by atoms with E-state index in [9.17, 15) is 10.1 Å². The summed E-state index contributed by atoms with van der Waals surface area (Å²) in [4.78, 5) is 12.2. The van der Waals surface area contributed by atoms with Crippen LogP contribution in [0.15, 0.2) is 23.8 Å². The number of methoxy groups -OCH3 is 1. The molecule has 0 aromatic heterocycles. The Balaban J connectivity index is 3.19. The zero-order valence-corrected chi connectivity index (χ0v) is 14.1. The van der Waals surface area contributed by atoms with Gasteiger partial charge in [0.25, 0.3) is 0 Å². The molecular formula is C18H23NO3. The van der Waals surface area contributed by atoms with Crippen molar-refractivity contribution in [3.8, 4) is 17.6 Å². The molecular weight excluding hydrogens is 278 g/mol. The van der Waals surface area contributed by atoms with E-state index in [1.54, 1.807) is 52.2 Å². The number of hydrogen-bond acceptors (Lipinski definition) is 4. The van der Waals surface area contributed by atoms with Crippen LogP contribution in [0.4, 0.5) is 0 Å². The van der Waals surface area contributed by atoms with Crippen LogP contribution in [0.25, 0.3) is 6.08 Å². The predicted molar refractivity (Wildman–Crippen MR) is 86.8 cm³/mol. The van der Waals surface area contributed by atoms with Gasteiger partial charge in [0.1, 0.15) is 6.07 Å². The molecule has 1 aromatic rings. The summed E-state index contributed by atoms with van der Waals surface area (Å²) >= 11 is 0. The first-order valence-electron chi connectivity index (χ1n) is 7.20. The van der Waals surface area contributed by atoms with E-state index in [-0.39, 0.29) is 17.5 Å². The maximum absolute atomic E-state index is 12.2. The number of rotatable bonds is 5. The van der Waals surface area contributed by atoms with Crippen molar-refractivity contribution in [2.45, 2.75) is 40.7 Å². The minimum Gasteiger partial charge on any atom is -0.493 e. The average Bonchev–Trinajstić information content (AvgIpc) is 2.43. The molecule has 118 valence electrons. The van der Waals surface area contributed by atoms with Crippen molar-refractivity contribution in [1.82, 2.24) is 0 Å². The number of ether oxygens (including phenoxy) is 2. The SMILES string of the molecule is COc1cc(C=C(C#N)C(=O)C(C)(C)C)ccc1OC(C)C. The van der Waals surface area contributed by atoms with Gasteiger partial charge in [0.05, 0.1) is 18.8 Å². The summed E-state index contributed by atoms with van der Waals surface area (Å²) in [6.45, 7) is 9.24. The molecule has 0 atom stereocenters. The van der Waals surface area contributed by atoms with Gasteiger partial charge in [0.2, 0.25) is 0 Å². The average molecular weight is 301 g/mol. The van der Waals surface area contributed by atoms with Gasteiger partial charge in [-0.1, -0.05) is 26.8 Å². The van der Waals surface area contributed by atoms with E-state index in [4.69, 9.17) is 9.47 Å². The van der Waals surface area contributed by atoms with Crippen molar-refractivity contribution >= 4 is 11.9 Å². The maximum atomic E-state index is 12.2. The lowest BCUT2D eigenvalue weighted by Gasteiger charge is -2.16. The number of Topliss-reactive ketones (excluding diaryl/α,β-unsaturated/α-hetero) is 1. The first kappa shape index (κ1) is 17.8. The van der Waals surface area contributed by atoms with E-state index in [1.165, 1.54) is 0 Å². The van der Waals surface area contributed by atoms with E-state index in [1.807, 2.05) is 19.9 Å². The molecule has 1 aromatic carbocycles. The Labute approximate surface area is 132 Å². The van der Waals surface area contributed by atoms with Crippen molar-refractivity contribution in [3.05, 3.63) is 29.3 Å². The van der Waals surface area contributed by atoms with Crippen LogP contribution in [-0.4, -0.2) is 19.0 Å². The van der Waals surface area contributed by atoms with E-state index in [0.717, 1.165) is 5.56 Å². The molecule has 0 aliphatic rings. The van der Waals surface area contributed by atoms with Gasteiger partial charge in [-0.3, -0.25) is 4.79 Å². The van der Waals surface area contributed by atoms with Gasteiger partial charge in [0, 0.05) is 5.41 Å². The fourth-order valence-corrected chi connectivity index (χ4v) is 1.84. The topological polar surface area (TPSA) is 59.3 Å². The molecule has 22 heavy (non-hydrogen) atoms. The molecule has 0 saturated heterocycles. The van der Waals surface area contributed by atoms with Crippen molar-refractivity contribution in [1.29, 1.82) is 5.26 Å². The Kier molecular flexibility index (Phi) is 5.76. The second kappa shape index (κ2) is 7.13. The Morgan fingerprint density at radius 2 is 1.91 bits per heavy atom. The fraction of sp³-hybridized carbons (Fsp3) is 0.444.